The Kier molecular flexibility index (Phi) is 6.93. The monoisotopic (exact) mass is 267 g/mol. The topological polar surface area (TPSA) is 49.3 Å². The molecule has 0 bridgehead atoms. The predicted octanol–water partition coefficient (Wildman–Crippen LogP) is 4.30. The summed E-state index contributed by atoms with van der Waals surface area (Å²) in [6.07, 6.45) is 6.90. The average molecular weight is 267 g/mol. The van der Waals surface area contributed by atoms with Gasteiger partial charge in [-0.1, -0.05) is 45.1 Å². The molecule has 0 aliphatic rings. The maximum absolute atomic E-state index is 13.6. The zero-order valence-corrected chi connectivity index (χ0v) is 11.4. The van der Waals surface area contributed by atoms with Crippen molar-refractivity contribution < 1.29 is 14.3 Å². The lowest BCUT2D eigenvalue weighted by Gasteiger charge is -2.10. The number of unbranched alkanes of at least 4 members (excludes halogenated alkanes) is 5. The summed E-state index contributed by atoms with van der Waals surface area (Å²) in [7, 11) is 0. The van der Waals surface area contributed by atoms with E-state index in [1.54, 1.807) is 0 Å². The Bertz CT molecular complexity index is 407. The lowest BCUT2D eigenvalue weighted by atomic mass is 10.1. The lowest BCUT2D eigenvalue weighted by Crippen LogP contribution is -2.09. The Morgan fingerprint density at radius 3 is 2.58 bits per heavy atom. The highest BCUT2D eigenvalue weighted by atomic mass is 19.1. The van der Waals surface area contributed by atoms with Crippen molar-refractivity contribution in [2.24, 2.45) is 0 Å². The minimum atomic E-state index is -1.11. The van der Waals surface area contributed by atoms with Crippen LogP contribution in [0.2, 0.25) is 0 Å². The van der Waals surface area contributed by atoms with Gasteiger partial charge in [-0.15, -0.1) is 0 Å². The SMILES string of the molecule is CCCCCCCCNc1c(F)cccc1C(=O)O. The van der Waals surface area contributed by atoms with Gasteiger partial charge < -0.3 is 10.4 Å². The fraction of sp³-hybridized carbons (Fsp3) is 0.533. The van der Waals surface area contributed by atoms with E-state index in [4.69, 9.17) is 5.11 Å². The van der Waals surface area contributed by atoms with Gasteiger partial charge in [0, 0.05) is 6.54 Å². The van der Waals surface area contributed by atoms with Gasteiger partial charge in [-0.2, -0.15) is 0 Å². The third-order valence-electron chi connectivity index (χ3n) is 3.08. The van der Waals surface area contributed by atoms with Crippen LogP contribution in [-0.4, -0.2) is 17.6 Å². The number of benzene rings is 1. The van der Waals surface area contributed by atoms with Crippen LogP contribution in [0.3, 0.4) is 0 Å². The Labute approximate surface area is 113 Å². The quantitative estimate of drug-likeness (QED) is 0.656. The number of hydrogen-bond acceptors (Lipinski definition) is 2. The number of nitrogens with one attached hydrogen (secondary N) is 1. The fourth-order valence-corrected chi connectivity index (χ4v) is 2.00. The Hall–Kier alpha value is -1.58. The van der Waals surface area contributed by atoms with Crippen molar-refractivity contribution in [2.75, 3.05) is 11.9 Å². The number of halogens is 1. The van der Waals surface area contributed by atoms with Gasteiger partial charge in [-0.25, -0.2) is 9.18 Å². The average Bonchev–Trinajstić information content (AvgIpc) is 2.39. The summed E-state index contributed by atoms with van der Waals surface area (Å²) in [6.45, 7) is 2.78. The highest BCUT2D eigenvalue weighted by Gasteiger charge is 2.13. The summed E-state index contributed by atoms with van der Waals surface area (Å²) >= 11 is 0. The molecular weight excluding hydrogens is 245 g/mol. The zero-order chi connectivity index (χ0) is 14.1. The van der Waals surface area contributed by atoms with Gasteiger partial charge in [0.15, 0.2) is 0 Å². The highest BCUT2D eigenvalue weighted by molar-refractivity contribution is 5.94. The molecule has 0 saturated heterocycles. The number of rotatable bonds is 9. The summed E-state index contributed by atoms with van der Waals surface area (Å²) in [5, 5.41) is 11.9. The molecule has 0 aliphatic heterocycles. The third-order valence-corrected chi connectivity index (χ3v) is 3.08. The molecule has 106 valence electrons. The largest absolute Gasteiger partial charge is 0.478 e. The van der Waals surface area contributed by atoms with Crippen molar-refractivity contribution in [1.29, 1.82) is 0 Å². The van der Waals surface area contributed by atoms with Crippen LogP contribution in [0.15, 0.2) is 18.2 Å². The van der Waals surface area contributed by atoms with E-state index in [1.165, 1.54) is 43.9 Å². The van der Waals surface area contributed by atoms with Crippen molar-refractivity contribution in [2.45, 2.75) is 45.4 Å². The van der Waals surface area contributed by atoms with E-state index in [9.17, 15) is 9.18 Å². The molecule has 0 radical (unpaired) electrons. The molecule has 0 amide bonds. The number of aromatic carboxylic acids is 1. The molecule has 0 heterocycles. The fourth-order valence-electron chi connectivity index (χ4n) is 2.00. The standard InChI is InChI=1S/C15H22FNO2/c1-2-3-4-5-6-7-11-17-14-12(15(18)19)9-8-10-13(14)16/h8-10,17H,2-7,11H2,1H3,(H,18,19). The van der Waals surface area contributed by atoms with Crippen LogP contribution in [0, 0.1) is 5.82 Å². The van der Waals surface area contributed by atoms with Crippen LogP contribution >= 0.6 is 0 Å². The second kappa shape index (κ2) is 8.51. The number of carboxylic acid groups (broad SMARTS) is 1. The Balaban J connectivity index is 2.38. The van der Waals surface area contributed by atoms with Crippen molar-refractivity contribution in [1.82, 2.24) is 0 Å². The summed E-state index contributed by atoms with van der Waals surface area (Å²) in [5.74, 6) is -1.61. The molecule has 1 aromatic carbocycles. The molecule has 3 nitrogen and oxygen atoms in total. The molecule has 0 atom stereocenters. The number of carbonyl (C=O) groups is 1. The number of anilines is 1. The lowest BCUT2D eigenvalue weighted by molar-refractivity contribution is 0.0697. The van der Waals surface area contributed by atoms with Gasteiger partial charge in [-0.3, -0.25) is 0 Å². The minimum absolute atomic E-state index is 0.00835. The van der Waals surface area contributed by atoms with Crippen molar-refractivity contribution in [3.05, 3.63) is 29.6 Å². The minimum Gasteiger partial charge on any atom is -0.478 e. The van der Waals surface area contributed by atoms with E-state index in [0.717, 1.165) is 12.8 Å². The molecule has 2 N–H and O–H groups in total. The van der Waals surface area contributed by atoms with Gasteiger partial charge in [0.1, 0.15) is 5.82 Å². The Morgan fingerprint density at radius 2 is 1.89 bits per heavy atom. The van der Waals surface area contributed by atoms with E-state index in [1.807, 2.05) is 0 Å². The number of hydrogen-bond donors (Lipinski definition) is 2. The maximum Gasteiger partial charge on any atom is 0.337 e. The van der Waals surface area contributed by atoms with Crippen LogP contribution in [-0.2, 0) is 0 Å². The van der Waals surface area contributed by atoms with Gasteiger partial charge in [0.25, 0.3) is 0 Å². The van der Waals surface area contributed by atoms with Crippen molar-refractivity contribution >= 4 is 11.7 Å². The second-order valence-electron chi connectivity index (χ2n) is 4.66. The summed E-state index contributed by atoms with van der Waals surface area (Å²) in [4.78, 5) is 11.0. The van der Waals surface area contributed by atoms with E-state index < -0.39 is 11.8 Å². The van der Waals surface area contributed by atoms with Crippen LogP contribution in [0.5, 0.6) is 0 Å². The van der Waals surface area contributed by atoms with Crippen molar-refractivity contribution in [3.8, 4) is 0 Å². The highest BCUT2D eigenvalue weighted by Crippen LogP contribution is 2.20. The summed E-state index contributed by atoms with van der Waals surface area (Å²) in [5.41, 5.74) is 0.0922. The zero-order valence-electron chi connectivity index (χ0n) is 11.4. The van der Waals surface area contributed by atoms with Crippen LogP contribution in [0.4, 0.5) is 10.1 Å². The molecule has 0 aliphatic carbocycles. The molecule has 1 aromatic rings. The summed E-state index contributed by atoms with van der Waals surface area (Å²) in [6, 6.07) is 4.10. The first-order chi connectivity index (χ1) is 9.16. The van der Waals surface area contributed by atoms with Gasteiger partial charge in [0.2, 0.25) is 0 Å². The van der Waals surface area contributed by atoms with Gasteiger partial charge in [-0.05, 0) is 18.6 Å². The first-order valence-electron chi connectivity index (χ1n) is 6.92. The van der Waals surface area contributed by atoms with Crippen LogP contribution in [0.25, 0.3) is 0 Å². The van der Waals surface area contributed by atoms with E-state index in [2.05, 4.69) is 12.2 Å². The van der Waals surface area contributed by atoms with Crippen LogP contribution < -0.4 is 5.32 Å². The number of para-hydroxylation sites is 1. The molecule has 19 heavy (non-hydrogen) atoms. The van der Waals surface area contributed by atoms with Gasteiger partial charge >= 0.3 is 5.97 Å². The molecular formula is C15H22FNO2. The smallest absolute Gasteiger partial charge is 0.337 e. The molecule has 4 heteroatoms. The molecule has 0 saturated carbocycles. The van der Waals surface area contributed by atoms with Gasteiger partial charge in [0.05, 0.1) is 11.3 Å². The maximum atomic E-state index is 13.6. The normalized spacial score (nSPS) is 10.4. The molecule has 0 spiro atoms. The third kappa shape index (κ3) is 5.28. The van der Waals surface area contributed by atoms with Crippen LogP contribution in [0.1, 0.15) is 55.8 Å². The van der Waals surface area contributed by atoms with E-state index in [0.29, 0.717) is 6.54 Å². The van der Waals surface area contributed by atoms with Crippen molar-refractivity contribution in [3.63, 3.8) is 0 Å². The number of carboxylic acids is 1. The summed E-state index contributed by atoms with van der Waals surface area (Å²) < 4.78 is 13.6. The molecule has 0 aromatic heterocycles. The van der Waals surface area contributed by atoms with E-state index in [-0.39, 0.29) is 11.3 Å². The Morgan fingerprint density at radius 1 is 1.21 bits per heavy atom. The first-order valence-corrected chi connectivity index (χ1v) is 6.92. The second-order valence-corrected chi connectivity index (χ2v) is 4.66. The molecule has 0 fully saturated rings. The first kappa shape index (κ1) is 15.5. The van der Waals surface area contributed by atoms with E-state index >= 15 is 0 Å². The molecule has 0 unspecified atom stereocenters. The predicted molar refractivity (Wildman–Crippen MR) is 75.2 cm³/mol. The molecule has 1 rings (SSSR count).